The van der Waals surface area contributed by atoms with Gasteiger partial charge in [0.2, 0.25) is 5.78 Å². The normalized spacial score (nSPS) is 26.0. The fraction of sp³-hybridized carbons (Fsp3) is 0.667. The molecule has 0 aromatic rings. The highest BCUT2D eigenvalue weighted by Gasteiger charge is 2.48. The lowest BCUT2D eigenvalue weighted by molar-refractivity contribution is -0.255. The second-order valence-corrected chi connectivity index (χ2v) is 6.93. The van der Waals surface area contributed by atoms with Gasteiger partial charge < -0.3 is 14.2 Å². The van der Waals surface area contributed by atoms with E-state index in [1.54, 1.807) is 26.8 Å². The Balaban J connectivity index is 2.34. The van der Waals surface area contributed by atoms with Crippen LogP contribution in [0.3, 0.4) is 0 Å². The lowest BCUT2D eigenvalue weighted by Crippen LogP contribution is -2.45. The van der Waals surface area contributed by atoms with Crippen LogP contribution in [0.15, 0.2) is 24.0 Å². The Morgan fingerprint density at radius 3 is 2.35 bits per heavy atom. The zero-order chi connectivity index (χ0) is 17.3. The number of allylic oxidation sites excluding steroid dienone is 2. The van der Waals surface area contributed by atoms with Crippen LogP contribution >= 0.6 is 0 Å². The molecular formula is C18H26O5. The molecule has 0 aromatic heterocycles. The summed E-state index contributed by atoms with van der Waals surface area (Å²) in [5.74, 6) is -2.03. The highest BCUT2D eigenvalue weighted by Crippen LogP contribution is 2.42. The molecule has 5 heteroatoms. The van der Waals surface area contributed by atoms with E-state index >= 15 is 0 Å². The maximum atomic E-state index is 12.7. The van der Waals surface area contributed by atoms with Gasteiger partial charge in [0.05, 0.1) is 11.3 Å². The van der Waals surface area contributed by atoms with E-state index in [0.717, 1.165) is 0 Å². The van der Waals surface area contributed by atoms with Crippen LogP contribution < -0.4 is 0 Å². The average molecular weight is 322 g/mol. The standard InChI is InChI=1S/C18H26O5/c1-6-21-18(22-7-2)11-12-8-9-13(18)10-14(15(12)19)23-16(20)17(3,4)5/h8-10,12-13H,6-7,11H2,1-5H3. The first-order valence-corrected chi connectivity index (χ1v) is 8.18. The molecular weight excluding hydrogens is 296 g/mol. The molecule has 3 aliphatic rings. The Morgan fingerprint density at radius 2 is 1.83 bits per heavy atom. The van der Waals surface area contributed by atoms with E-state index in [9.17, 15) is 9.59 Å². The predicted octanol–water partition coefficient (Wildman–Crippen LogP) is 3.00. The van der Waals surface area contributed by atoms with Crippen molar-refractivity contribution in [2.45, 2.75) is 46.8 Å². The van der Waals surface area contributed by atoms with Crippen molar-refractivity contribution in [3.05, 3.63) is 24.0 Å². The third-order valence-corrected chi connectivity index (χ3v) is 4.07. The van der Waals surface area contributed by atoms with E-state index in [2.05, 4.69) is 0 Å². The van der Waals surface area contributed by atoms with Crippen LogP contribution in [0, 0.1) is 17.3 Å². The summed E-state index contributed by atoms with van der Waals surface area (Å²) in [5.41, 5.74) is -0.670. The molecule has 0 N–H and O–H groups in total. The second-order valence-electron chi connectivity index (χ2n) is 6.93. The summed E-state index contributed by atoms with van der Waals surface area (Å²) in [7, 11) is 0. The Bertz CT molecular complexity index is 532. The molecule has 0 radical (unpaired) electrons. The van der Waals surface area contributed by atoms with E-state index in [-0.39, 0.29) is 17.5 Å². The van der Waals surface area contributed by atoms with Gasteiger partial charge in [0.1, 0.15) is 0 Å². The van der Waals surface area contributed by atoms with Crippen molar-refractivity contribution in [3.63, 3.8) is 0 Å². The molecule has 2 atom stereocenters. The van der Waals surface area contributed by atoms with Crippen molar-refractivity contribution < 1.29 is 23.8 Å². The van der Waals surface area contributed by atoms with Crippen LogP contribution in [-0.4, -0.2) is 30.8 Å². The molecule has 2 bridgehead atoms. The van der Waals surface area contributed by atoms with Gasteiger partial charge in [-0.1, -0.05) is 12.2 Å². The summed E-state index contributed by atoms with van der Waals surface area (Å²) in [4.78, 5) is 24.8. The fourth-order valence-corrected chi connectivity index (χ4v) is 2.88. The van der Waals surface area contributed by atoms with Gasteiger partial charge in [-0.3, -0.25) is 9.59 Å². The Kier molecular flexibility index (Phi) is 5.11. The van der Waals surface area contributed by atoms with Gasteiger partial charge in [-0.2, -0.15) is 0 Å². The van der Waals surface area contributed by atoms with E-state index in [4.69, 9.17) is 14.2 Å². The minimum Gasteiger partial charge on any atom is -0.423 e. The molecule has 0 saturated carbocycles. The molecule has 3 aliphatic carbocycles. The summed E-state index contributed by atoms with van der Waals surface area (Å²) in [6, 6.07) is 0. The van der Waals surface area contributed by atoms with Crippen molar-refractivity contribution >= 4 is 11.8 Å². The monoisotopic (exact) mass is 322 g/mol. The van der Waals surface area contributed by atoms with E-state index < -0.39 is 23.1 Å². The molecule has 0 spiro atoms. The van der Waals surface area contributed by atoms with Crippen molar-refractivity contribution in [2.24, 2.45) is 17.3 Å². The van der Waals surface area contributed by atoms with Crippen LogP contribution in [0.1, 0.15) is 41.0 Å². The van der Waals surface area contributed by atoms with Crippen LogP contribution in [0.2, 0.25) is 0 Å². The molecule has 0 heterocycles. The summed E-state index contributed by atoms with van der Waals surface area (Å²) >= 11 is 0. The van der Waals surface area contributed by atoms with Crippen LogP contribution in [0.5, 0.6) is 0 Å². The topological polar surface area (TPSA) is 61.8 Å². The van der Waals surface area contributed by atoms with Gasteiger partial charge in [-0.05, 0) is 40.7 Å². The summed E-state index contributed by atoms with van der Waals surface area (Å²) in [6.07, 6.45) is 5.87. The van der Waals surface area contributed by atoms with Gasteiger partial charge in [0, 0.05) is 25.6 Å². The predicted molar refractivity (Wildman–Crippen MR) is 85.4 cm³/mol. The molecule has 0 aliphatic heterocycles. The molecule has 128 valence electrons. The molecule has 0 fully saturated rings. The maximum Gasteiger partial charge on any atom is 0.316 e. The smallest absolute Gasteiger partial charge is 0.316 e. The number of Topliss-reactive ketones (excluding diaryl/α,β-unsaturated/α-hetero) is 1. The van der Waals surface area contributed by atoms with Crippen LogP contribution in [-0.2, 0) is 23.8 Å². The Hall–Kier alpha value is -1.46. The molecule has 2 unspecified atom stereocenters. The Labute approximate surface area is 137 Å². The van der Waals surface area contributed by atoms with E-state index in [1.807, 2.05) is 26.0 Å². The zero-order valence-electron chi connectivity index (χ0n) is 14.5. The fourth-order valence-electron chi connectivity index (χ4n) is 2.88. The molecule has 0 aromatic carbocycles. The lowest BCUT2D eigenvalue weighted by Gasteiger charge is -2.40. The van der Waals surface area contributed by atoms with Gasteiger partial charge >= 0.3 is 5.97 Å². The maximum absolute atomic E-state index is 12.7. The molecule has 5 nitrogen and oxygen atoms in total. The second kappa shape index (κ2) is 6.57. The number of carbonyl (C=O) groups is 2. The van der Waals surface area contributed by atoms with Crippen molar-refractivity contribution in [2.75, 3.05) is 13.2 Å². The summed E-state index contributed by atoms with van der Waals surface area (Å²) < 4.78 is 17.2. The third-order valence-electron chi connectivity index (χ3n) is 4.07. The average Bonchev–Trinajstić information content (AvgIpc) is 2.66. The number of ether oxygens (including phenoxy) is 3. The van der Waals surface area contributed by atoms with Gasteiger partial charge in [-0.25, -0.2) is 0 Å². The summed E-state index contributed by atoms with van der Waals surface area (Å²) in [5, 5.41) is 0. The largest absolute Gasteiger partial charge is 0.423 e. The zero-order valence-corrected chi connectivity index (χ0v) is 14.5. The van der Waals surface area contributed by atoms with Crippen LogP contribution in [0.4, 0.5) is 0 Å². The first kappa shape index (κ1) is 17.9. The summed E-state index contributed by atoms with van der Waals surface area (Å²) in [6.45, 7) is 10.0. The van der Waals surface area contributed by atoms with Gasteiger partial charge in [0.15, 0.2) is 11.5 Å². The molecule has 23 heavy (non-hydrogen) atoms. The number of fused-ring (bicyclic) bond motifs is 2. The highest BCUT2D eigenvalue weighted by molar-refractivity contribution is 5.99. The van der Waals surface area contributed by atoms with Gasteiger partial charge in [-0.15, -0.1) is 0 Å². The number of hydrogen-bond donors (Lipinski definition) is 0. The number of rotatable bonds is 5. The molecule has 3 rings (SSSR count). The first-order valence-electron chi connectivity index (χ1n) is 8.18. The number of ketones is 1. The number of carbonyl (C=O) groups excluding carboxylic acids is 2. The van der Waals surface area contributed by atoms with E-state index in [1.165, 1.54) is 0 Å². The van der Waals surface area contributed by atoms with Crippen molar-refractivity contribution in [1.29, 1.82) is 0 Å². The molecule has 0 saturated heterocycles. The first-order chi connectivity index (χ1) is 10.7. The van der Waals surface area contributed by atoms with E-state index in [0.29, 0.717) is 19.6 Å². The Morgan fingerprint density at radius 1 is 1.22 bits per heavy atom. The third kappa shape index (κ3) is 3.56. The SMILES string of the molecule is CCOC1(OCC)CC2C=CC1C=C(OC(=O)C(C)(C)C)C2=O. The number of esters is 1. The van der Waals surface area contributed by atoms with Crippen LogP contribution in [0.25, 0.3) is 0 Å². The minimum absolute atomic E-state index is 0.103. The quantitative estimate of drug-likeness (QED) is 0.442. The van der Waals surface area contributed by atoms with Crippen molar-refractivity contribution in [3.8, 4) is 0 Å². The minimum atomic E-state index is -0.867. The van der Waals surface area contributed by atoms with Crippen molar-refractivity contribution in [1.82, 2.24) is 0 Å². The molecule has 0 amide bonds. The number of hydrogen-bond acceptors (Lipinski definition) is 5. The highest BCUT2D eigenvalue weighted by atomic mass is 16.7. The lowest BCUT2D eigenvalue weighted by atomic mass is 9.84. The van der Waals surface area contributed by atoms with Gasteiger partial charge in [0.25, 0.3) is 0 Å².